The number of anilines is 1. The van der Waals surface area contributed by atoms with Gasteiger partial charge in [-0.15, -0.1) is 11.8 Å². The lowest BCUT2D eigenvalue weighted by atomic mass is 10.2. The first-order chi connectivity index (χ1) is 9.52. The van der Waals surface area contributed by atoms with Gasteiger partial charge in [0.05, 0.1) is 5.75 Å². The standard InChI is InChI=1S/C13H16BrN3O2S/c1-8-6-11(18)17-13(15-8)20-7-12(19)16-10-4-2-9(14)3-5-10/h2-5,8,13,15H,6-7H2,1H3,(H,16,19)(H,17,18). The van der Waals surface area contributed by atoms with Crippen molar-refractivity contribution in [2.75, 3.05) is 11.1 Å². The Morgan fingerprint density at radius 2 is 2.15 bits per heavy atom. The van der Waals surface area contributed by atoms with Gasteiger partial charge in [0.15, 0.2) is 0 Å². The summed E-state index contributed by atoms with van der Waals surface area (Å²) < 4.78 is 0.966. The van der Waals surface area contributed by atoms with Crippen molar-refractivity contribution in [1.29, 1.82) is 0 Å². The monoisotopic (exact) mass is 357 g/mol. The van der Waals surface area contributed by atoms with Gasteiger partial charge in [-0.1, -0.05) is 15.9 Å². The molecule has 1 heterocycles. The van der Waals surface area contributed by atoms with Gasteiger partial charge in [0.2, 0.25) is 11.8 Å². The Kier molecular flexibility index (Phi) is 5.45. The molecule has 1 aliphatic heterocycles. The molecule has 0 aliphatic carbocycles. The second kappa shape index (κ2) is 7.10. The van der Waals surface area contributed by atoms with Crippen LogP contribution in [-0.4, -0.2) is 29.1 Å². The minimum absolute atomic E-state index is 0.0158. The predicted octanol–water partition coefficient (Wildman–Crippen LogP) is 1.90. The molecule has 2 unspecified atom stereocenters. The third kappa shape index (κ3) is 4.81. The van der Waals surface area contributed by atoms with Crippen molar-refractivity contribution >= 4 is 45.2 Å². The molecule has 0 aromatic heterocycles. The van der Waals surface area contributed by atoms with Crippen LogP contribution in [0.4, 0.5) is 5.69 Å². The molecule has 1 aromatic rings. The van der Waals surface area contributed by atoms with Gasteiger partial charge in [0.1, 0.15) is 5.50 Å². The van der Waals surface area contributed by atoms with Crippen LogP contribution in [0.1, 0.15) is 13.3 Å². The first-order valence-corrected chi connectivity index (χ1v) is 8.09. The molecule has 7 heteroatoms. The van der Waals surface area contributed by atoms with Crippen LogP contribution in [0.5, 0.6) is 0 Å². The Morgan fingerprint density at radius 1 is 1.45 bits per heavy atom. The highest BCUT2D eigenvalue weighted by molar-refractivity contribution is 9.10. The molecule has 108 valence electrons. The molecule has 0 spiro atoms. The molecule has 20 heavy (non-hydrogen) atoms. The highest BCUT2D eigenvalue weighted by Gasteiger charge is 2.23. The van der Waals surface area contributed by atoms with Crippen LogP contribution in [0.2, 0.25) is 0 Å². The summed E-state index contributed by atoms with van der Waals surface area (Å²) in [6.07, 6.45) is 0.474. The van der Waals surface area contributed by atoms with E-state index in [9.17, 15) is 9.59 Å². The molecule has 1 aromatic carbocycles. The quantitative estimate of drug-likeness (QED) is 0.769. The van der Waals surface area contributed by atoms with Crippen LogP contribution in [0, 0.1) is 0 Å². The second-order valence-corrected chi connectivity index (χ2v) is 6.59. The molecular weight excluding hydrogens is 342 g/mol. The fraction of sp³-hybridized carbons (Fsp3) is 0.385. The molecule has 3 N–H and O–H groups in total. The number of carbonyl (C=O) groups excluding carboxylic acids is 2. The van der Waals surface area contributed by atoms with E-state index in [1.807, 2.05) is 31.2 Å². The molecule has 2 amide bonds. The van der Waals surface area contributed by atoms with E-state index in [4.69, 9.17) is 0 Å². The molecule has 1 saturated heterocycles. The van der Waals surface area contributed by atoms with E-state index >= 15 is 0 Å². The first-order valence-electron chi connectivity index (χ1n) is 6.25. The van der Waals surface area contributed by atoms with Crippen molar-refractivity contribution in [3.05, 3.63) is 28.7 Å². The fourth-order valence-electron chi connectivity index (χ4n) is 1.82. The zero-order chi connectivity index (χ0) is 14.5. The van der Waals surface area contributed by atoms with Crippen molar-refractivity contribution in [2.45, 2.75) is 24.9 Å². The highest BCUT2D eigenvalue weighted by Crippen LogP contribution is 2.16. The number of thioether (sulfide) groups is 1. The number of rotatable bonds is 4. The Labute approximate surface area is 130 Å². The molecule has 2 rings (SSSR count). The number of hydrogen-bond donors (Lipinski definition) is 3. The summed E-state index contributed by atoms with van der Waals surface area (Å²) in [6.45, 7) is 1.95. The van der Waals surface area contributed by atoms with Gasteiger partial charge < -0.3 is 10.6 Å². The lowest BCUT2D eigenvalue weighted by Crippen LogP contribution is -2.53. The molecule has 1 fully saturated rings. The zero-order valence-electron chi connectivity index (χ0n) is 11.0. The van der Waals surface area contributed by atoms with Gasteiger partial charge in [-0.3, -0.25) is 14.9 Å². The van der Waals surface area contributed by atoms with Gasteiger partial charge in [-0.2, -0.15) is 0 Å². The summed E-state index contributed by atoms with van der Waals surface area (Å²) >= 11 is 4.71. The van der Waals surface area contributed by atoms with E-state index < -0.39 is 0 Å². The predicted molar refractivity (Wildman–Crippen MR) is 84.4 cm³/mol. The minimum Gasteiger partial charge on any atom is -0.332 e. The maximum Gasteiger partial charge on any atom is 0.234 e. The zero-order valence-corrected chi connectivity index (χ0v) is 13.4. The van der Waals surface area contributed by atoms with Crippen LogP contribution in [0.25, 0.3) is 0 Å². The van der Waals surface area contributed by atoms with Crippen LogP contribution in [-0.2, 0) is 9.59 Å². The number of amides is 2. The number of halogens is 1. The third-order valence-electron chi connectivity index (χ3n) is 2.73. The maximum atomic E-state index is 11.8. The van der Waals surface area contributed by atoms with E-state index in [2.05, 4.69) is 31.9 Å². The van der Waals surface area contributed by atoms with Crippen molar-refractivity contribution in [3.63, 3.8) is 0 Å². The summed E-state index contributed by atoms with van der Waals surface area (Å²) in [6, 6.07) is 7.53. The van der Waals surface area contributed by atoms with Crippen molar-refractivity contribution in [3.8, 4) is 0 Å². The Bertz CT molecular complexity index is 495. The summed E-state index contributed by atoms with van der Waals surface area (Å²) in [5.74, 6) is 0.203. The van der Waals surface area contributed by atoms with Gasteiger partial charge in [-0.25, -0.2) is 0 Å². The molecule has 0 bridgehead atoms. The van der Waals surface area contributed by atoms with Crippen LogP contribution in [0.15, 0.2) is 28.7 Å². The molecule has 0 radical (unpaired) electrons. The first kappa shape index (κ1) is 15.3. The third-order valence-corrected chi connectivity index (χ3v) is 4.27. The number of nitrogens with one attached hydrogen (secondary N) is 3. The fourth-order valence-corrected chi connectivity index (χ4v) is 3.02. The average Bonchev–Trinajstić information content (AvgIpc) is 2.38. The lowest BCUT2D eigenvalue weighted by molar-refractivity contribution is -0.123. The second-order valence-electron chi connectivity index (χ2n) is 4.59. The topological polar surface area (TPSA) is 70.2 Å². The molecule has 5 nitrogen and oxygen atoms in total. The van der Waals surface area contributed by atoms with Gasteiger partial charge >= 0.3 is 0 Å². The summed E-state index contributed by atoms with van der Waals surface area (Å²) in [4.78, 5) is 23.2. The Morgan fingerprint density at radius 3 is 2.80 bits per heavy atom. The van der Waals surface area contributed by atoms with Gasteiger partial charge in [-0.05, 0) is 31.2 Å². The largest absolute Gasteiger partial charge is 0.332 e. The number of benzene rings is 1. The van der Waals surface area contributed by atoms with Crippen molar-refractivity contribution < 1.29 is 9.59 Å². The SMILES string of the molecule is CC1CC(=O)NC(SCC(=O)Nc2ccc(Br)cc2)N1. The van der Waals surface area contributed by atoms with Crippen molar-refractivity contribution in [2.24, 2.45) is 0 Å². The van der Waals surface area contributed by atoms with E-state index in [-0.39, 0.29) is 29.1 Å². The van der Waals surface area contributed by atoms with Gasteiger partial charge in [0.25, 0.3) is 0 Å². The molecule has 2 atom stereocenters. The average molecular weight is 358 g/mol. The highest BCUT2D eigenvalue weighted by atomic mass is 79.9. The van der Waals surface area contributed by atoms with E-state index in [1.54, 1.807) is 0 Å². The Balaban J connectivity index is 1.77. The van der Waals surface area contributed by atoms with Crippen LogP contribution < -0.4 is 16.0 Å². The molecular formula is C13H16BrN3O2S. The van der Waals surface area contributed by atoms with Crippen LogP contribution >= 0.6 is 27.7 Å². The minimum atomic E-state index is -0.207. The normalized spacial score (nSPS) is 22.2. The molecule has 1 aliphatic rings. The molecule has 0 saturated carbocycles. The van der Waals surface area contributed by atoms with E-state index in [0.29, 0.717) is 6.42 Å². The van der Waals surface area contributed by atoms with E-state index in [0.717, 1.165) is 10.2 Å². The smallest absolute Gasteiger partial charge is 0.234 e. The summed E-state index contributed by atoms with van der Waals surface area (Å²) in [5.41, 5.74) is 0.551. The number of carbonyl (C=O) groups is 2. The summed E-state index contributed by atoms with van der Waals surface area (Å²) in [5, 5.41) is 8.83. The van der Waals surface area contributed by atoms with Crippen molar-refractivity contribution in [1.82, 2.24) is 10.6 Å². The maximum absolute atomic E-state index is 11.8. The number of hydrogen-bond acceptors (Lipinski definition) is 4. The summed E-state index contributed by atoms with van der Waals surface area (Å²) in [7, 11) is 0. The Hall–Kier alpha value is -1.05. The lowest BCUT2D eigenvalue weighted by Gasteiger charge is -2.28. The van der Waals surface area contributed by atoms with E-state index in [1.165, 1.54) is 11.8 Å². The van der Waals surface area contributed by atoms with Gasteiger partial charge in [0, 0.05) is 22.6 Å². The van der Waals surface area contributed by atoms with Crippen LogP contribution in [0.3, 0.4) is 0 Å².